The minimum atomic E-state index is -0.440. The third kappa shape index (κ3) is 30.4. The number of nitriles is 1. The van der Waals surface area contributed by atoms with Crippen molar-refractivity contribution in [2.45, 2.75) is 20.0 Å². The Morgan fingerprint density at radius 2 is 0.670 bits per heavy atom. The van der Waals surface area contributed by atoms with E-state index < -0.39 is 5.91 Å². The molecule has 3 amide bonds. The number of para-hydroxylation sites is 1. The predicted molar refractivity (Wildman–Crippen MR) is 437 cm³/mol. The summed E-state index contributed by atoms with van der Waals surface area (Å²) in [5.74, 6) is 2.60. The highest BCUT2D eigenvalue weighted by atomic mass is 16.5. The van der Waals surface area contributed by atoms with Gasteiger partial charge in [0.15, 0.2) is 17.2 Å². The molecule has 0 aliphatic carbocycles. The third-order valence-corrected chi connectivity index (χ3v) is 15.5. The van der Waals surface area contributed by atoms with Crippen LogP contribution >= 0.6 is 0 Å². The topological polar surface area (TPSA) is 269 Å². The van der Waals surface area contributed by atoms with E-state index in [1.54, 1.807) is 165 Å². The highest BCUT2D eigenvalue weighted by Gasteiger charge is 2.10. The van der Waals surface area contributed by atoms with E-state index in [2.05, 4.69) is 43.5 Å². The normalized spacial score (nSPS) is 9.54. The standard InChI is InChI=1S/C15H12N2O.C15H15NO2.C14H9NO.C13H9NO.2C12H10O2.C11H9N.C2H5NO2/c1-16-14-9-7-13(8-10-14)15(18)17-11-12-5-3-2-4-6-12;1-18-14-9-7-13(8-10-14)15(17)16-11-12-5-3-2-4-6-12;1-15-13-9-7-12(8-10-13)14(16)11-5-3-2-4-6-11;14-9-10-1-3-11(4-2-10)12-5-7-13(15)8-6-12;13-11-5-1-9(2-6-11)10-3-7-12(14)8-4-10;13-10-6-8-12(9-7-10)14-11-4-2-1-3-5-11;1-2-4-10(5-3-1)11-6-8-12-9-7-11;1-2(4)3-5/h2-10H,11H2,(H,17,18);2-10H,11H2,1H3,(H,16,17);2-10H;1-8,15H;1-8,13-14H;1-9,13H;1-9H;5H,1H3,(H,3,4). The highest BCUT2D eigenvalue weighted by molar-refractivity contribution is 6.09. The Morgan fingerprint density at radius 1 is 0.375 bits per heavy atom. The molecule has 0 unspecified atom stereocenters. The summed E-state index contributed by atoms with van der Waals surface area (Å²) < 4.78 is 10.6. The number of carbonyl (C=O) groups is 4. The third-order valence-electron chi connectivity index (χ3n) is 15.5. The van der Waals surface area contributed by atoms with Crippen molar-refractivity contribution in [2.24, 2.45) is 0 Å². The number of nitrogens with zero attached hydrogens (tertiary/aromatic N) is 4. The van der Waals surface area contributed by atoms with Crippen LogP contribution in [0.3, 0.4) is 0 Å². The van der Waals surface area contributed by atoms with Gasteiger partial charge in [0, 0.05) is 54.7 Å². The minimum Gasteiger partial charge on any atom is -0.508 e. The summed E-state index contributed by atoms with van der Waals surface area (Å²) in [6.45, 7) is 15.9. The molecule has 14 rings (SSSR count). The van der Waals surface area contributed by atoms with E-state index in [-0.39, 0.29) is 40.6 Å². The summed E-state index contributed by atoms with van der Waals surface area (Å²) in [6, 6.07) is 110. The van der Waals surface area contributed by atoms with Gasteiger partial charge in [0.2, 0.25) is 5.91 Å². The molecule has 0 radical (unpaired) electrons. The quantitative estimate of drug-likeness (QED) is 0.0218. The highest BCUT2D eigenvalue weighted by Crippen LogP contribution is 2.27. The maximum Gasteiger partial charge on any atom is 0.251 e. The summed E-state index contributed by atoms with van der Waals surface area (Å²) in [5, 5.41) is 58.3. The van der Waals surface area contributed by atoms with Gasteiger partial charge in [-0.05, 0) is 166 Å². The summed E-state index contributed by atoms with van der Waals surface area (Å²) in [7, 11) is 1.60. The number of phenols is 4. The van der Waals surface area contributed by atoms with Crippen molar-refractivity contribution in [3.05, 3.63) is 432 Å². The number of carbonyl (C=O) groups excluding carboxylic acids is 4. The molecule has 0 spiro atoms. The molecule has 0 atom stereocenters. The van der Waals surface area contributed by atoms with Crippen molar-refractivity contribution in [3.63, 3.8) is 0 Å². The van der Waals surface area contributed by atoms with Gasteiger partial charge in [-0.1, -0.05) is 237 Å². The van der Waals surface area contributed by atoms with Crippen molar-refractivity contribution in [1.82, 2.24) is 21.1 Å². The van der Waals surface area contributed by atoms with E-state index in [9.17, 15) is 19.2 Å². The molecule has 0 aliphatic rings. The number of hydrogen-bond donors (Lipinski definition) is 8. The second-order valence-electron chi connectivity index (χ2n) is 23.6. The number of pyridine rings is 1. The zero-order valence-electron chi connectivity index (χ0n) is 61.1. The van der Waals surface area contributed by atoms with Crippen LogP contribution in [0.2, 0.25) is 0 Å². The number of aromatic hydroxyl groups is 4. The van der Waals surface area contributed by atoms with Crippen LogP contribution in [-0.2, 0) is 17.9 Å². The second-order valence-corrected chi connectivity index (χ2v) is 23.6. The number of amides is 3. The molecule has 0 fully saturated rings. The second kappa shape index (κ2) is 47.0. The maximum absolute atomic E-state index is 12.0. The van der Waals surface area contributed by atoms with Gasteiger partial charge in [0.05, 0.1) is 31.9 Å². The number of ether oxygens (including phenoxy) is 2. The number of benzene rings is 13. The summed E-state index contributed by atoms with van der Waals surface area (Å²) in [5.41, 5.74) is 14.3. The molecule has 0 aliphatic heterocycles. The van der Waals surface area contributed by atoms with Gasteiger partial charge in [0.25, 0.3) is 11.8 Å². The largest absolute Gasteiger partial charge is 0.508 e. The van der Waals surface area contributed by atoms with Crippen LogP contribution in [0.25, 0.3) is 43.1 Å². The van der Waals surface area contributed by atoms with Crippen LogP contribution < -0.4 is 25.6 Å². The van der Waals surface area contributed by atoms with E-state index in [0.29, 0.717) is 58.0 Å². The Balaban J connectivity index is 0.000000180. The number of aromatic nitrogens is 1. The Hall–Kier alpha value is -15.7. The number of phenolic OH excluding ortho intramolecular Hbond substituents is 4. The van der Waals surface area contributed by atoms with E-state index in [4.69, 9.17) is 53.5 Å². The molecule has 14 aromatic rings. The zero-order valence-corrected chi connectivity index (χ0v) is 61.1. The molecule has 0 bridgehead atoms. The van der Waals surface area contributed by atoms with Crippen molar-refractivity contribution < 1.29 is 54.3 Å². The number of nitrogens with one attached hydrogen (secondary N) is 3. The van der Waals surface area contributed by atoms with Crippen LogP contribution in [0.1, 0.15) is 60.3 Å². The lowest BCUT2D eigenvalue weighted by molar-refractivity contribution is -0.126. The molecular formula is C94H79N7O11. The van der Waals surface area contributed by atoms with Gasteiger partial charge < -0.3 is 40.5 Å². The smallest absolute Gasteiger partial charge is 0.251 e. The zero-order chi connectivity index (χ0) is 79.9. The minimum absolute atomic E-state index is 0.0165. The Kier molecular flexibility index (Phi) is 35.1. The average Bonchev–Trinajstić information content (AvgIpc) is 0.865. The van der Waals surface area contributed by atoms with E-state index in [0.717, 1.165) is 44.9 Å². The molecule has 0 saturated carbocycles. The molecule has 18 heteroatoms. The predicted octanol–water partition coefficient (Wildman–Crippen LogP) is 20.4. The van der Waals surface area contributed by atoms with Crippen LogP contribution in [0, 0.1) is 24.5 Å². The summed E-state index contributed by atoms with van der Waals surface area (Å²) in [4.78, 5) is 55.7. The van der Waals surface area contributed by atoms with E-state index in [1.165, 1.54) is 23.5 Å². The number of ketones is 1. The molecule has 18 nitrogen and oxygen atoms in total. The summed E-state index contributed by atoms with van der Waals surface area (Å²) in [6.07, 6.45) is 3.62. The Bertz CT molecular complexity index is 5150. The molecule has 1 heterocycles. The molecule has 556 valence electrons. The first-order valence-electron chi connectivity index (χ1n) is 34.6. The Labute approximate surface area is 650 Å². The van der Waals surface area contributed by atoms with Crippen LogP contribution in [0.5, 0.6) is 40.2 Å². The fraction of sp³-hybridized carbons (Fsp3) is 0.0426. The van der Waals surface area contributed by atoms with Gasteiger partial charge in [-0.15, -0.1) is 0 Å². The average molecular weight is 1480 g/mol. The molecule has 13 aromatic carbocycles. The van der Waals surface area contributed by atoms with Crippen LogP contribution in [0.15, 0.2) is 370 Å². The first-order valence-corrected chi connectivity index (χ1v) is 34.6. The van der Waals surface area contributed by atoms with Gasteiger partial charge >= 0.3 is 0 Å². The fourth-order valence-corrected chi connectivity index (χ4v) is 9.65. The van der Waals surface area contributed by atoms with Crippen molar-refractivity contribution >= 4 is 34.9 Å². The molecular weight excluding hydrogens is 1400 g/mol. The molecule has 8 N–H and O–H groups in total. The number of rotatable bonds is 14. The van der Waals surface area contributed by atoms with Crippen molar-refractivity contribution in [3.8, 4) is 79.7 Å². The lowest BCUT2D eigenvalue weighted by atomic mass is 10.0. The number of hydroxylamine groups is 1. The molecule has 1 aromatic heterocycles. The first-order chi connectivity index (χ1) is 54.5. The van der Waals surface area contributed by atoms with Crippen LogP contribution in [-0.4, -0.2) is 61.2 Å². The number of hydrogen-bond acceptors (Lipinski definition) is 13. The number of methoxy groups -OCH3 is 1. The SMILES string of the molecule is CC(=O)NO.COc1ccc(C(=O)NCc2ccccc2)cc1.N#Cc1ccc(-c2ccc(O)cc2)cc1.Oc1ccc(-c2ccc(O)cc2)cc1.Oc1ccc(Oc2ccccc2)cc1.[C-]#[N+]c1ccc(C(=O)NCc2ccccc2)cc1.[C-]#[N+]c1ccc(C(=O)c2ccccc2)cc1.c1ccc(-c2ccncc2)cc1. The lowest BCUT2D eigenvalue weighted by Crippen LogP contribution is -2.22. The maximum atomic E-state index is 12.0. The van der Waals surface area contributed by atoms with Gasteiger partial charge in [-0.2, -0.15) is 5.26 Å². The van der Waals surface area contributed by atoms with Crippen molar-refractivity contribution in [1.29, 1.82) is 5.26 Å². The molecule has 112 heavy (non-hydrogen) atoms. The van der Waals surface area contributed by atoms with Gasteiger partial charge in [0.1, 0.15) is 40.2 Å². The van der Waals surface area contributed by atoms with Crippen molar-refractivity contribution in [2.75, 3.05) is 7.11 Å². The van der Waals surface area contributed by atoms with Gasteiger partial charge in [-0.25, -0.2) is 15.2 Å². The fourth-order valence-electron chi connectivity index (χ4n) is 9.65. The van der Waals surface area contributed by atoms with E-state index >= 15 is 0 Å². The monoisotopic (exact) mass is 1480 g/mol. The van der Waals surface area contributed by atoms with Gasteiger partial charge in [-0.3, -0.25) is 29.4 Å². The molecule has 0 saturated heterocycles. The first kappa shape index (κ1) is 83.6. The summed E-state index contributed by atoms with van der Waals surface area (Å²) >= 11 is 0. The lowest BCUT2D eigenvalue weighted by Gasteiger charge is -2.06. The Morgan fingerprint density at radius 3 is 1.04 bits per heavy atom. The van der Waals surface area contributed by atoms with E-state index in [1.807, 2.05) is 200 Å². The van der Waals surface area contributed by atoms with Crippen LogP contribution in [0.4, 0.5) is 11.4 Å².